The number of rotatable bonds is 10. The fraction of sp³-hybridized carbons (Fsp3) is 0.529. The summed E-state index contributed by atoms with van der Waals surface area (Å²) in [5.41, 5.74) is 0.491. The number of nitrogens with one attached hydrogen (secondary N) is 2. The molecule has 0 aliphatic carbocycles. The number of hydrogen-bond donors (Lipinski definition) is 2. The topological polar surface area (TPSA) is 59.6 Å². The molecule has 1 amide bonds. The van der Waals surface area contributed by atoms with E-state index in [-0.39, 0.29) is 5.91 Å². The molecule has 0 radical (unpaired) electrons. The number of amides is 1. The Morgan fingerprint density at radius 2 is 1.96 bits per heavy atom. The third kappa shape index (κ3) is 7.95. The molecule has 2 N–H and O–H groups in total. The highest BCUT2D eigenvalue weighted by Crippen LogP contribution is 2.18. The zero-order valence-corrected chi connectivity index (χ0v) is 14.7. The molecule has 0 aromatic heterocycles. The number of ether oxygens (including phenoxy) is 2. The first-order chi connectivity index (χ1) is 11.2. The zero-order valence-electron chi connectivity index (χ0n) is 13.9. The van der Waals surface area contributed by atoms with Gasteiger partial charge in [0.25, 0.3) is 5.91 Å². The minimum atomic E-state index is -0.264. The predicted octanol–water partition coefficient (Wildman–Crippen LogP) is 2.90. The SMILES string of the molecule is CCCCCOc1ccccc1C(=O)NC(=S)NCCCOC. The Kier molecular flexibility index (Phi) is 9.99. The van der Waals surface area contributed by atoms with Gasteiger partial charge in [-0.3, -0.25) is 10.1 Å². The molecule has 0 spiro atoms. The van der Waals surface area contributed by atoms with Crippen molar-refractivity contribution in [2.45, 2.75) is 32.6 Å². The van der Waals surface area contributed by atoms with Gasteiger partial charge in [0.2, 0.25) is 0 Å². The Hall–Kier alpha value is -1.66. The minimum Gasteiger partial charge on any atom is -0.493 e. The second-order valence-electron chi connectivity index (χ2n) is 5.11. The first-order valence-electron chi connectivity index (χ1n) is 7.99. The molecule has 0 saturated carbocycles. The van der Waals surface area contributed by atoms with Crippen LogP contribution in [0, 0.1) is 0 Å². The van der Waals surface area contributed by atoms with Crippen LogP contribution < -0.4 is 15.4 Å². The van der Waals surface area contributed by atoms with E-state index in [9.17, 15) is 4.79 Å². The van der Waals surface area contributed by atoms with Gasteiger partial charge < -0.3 is 14.8 Å². The third-order valence-electron chi connectivity index (χ3n) is 3.17. The van der Waals surface area contributed by atoms with E-state index in [1.807, 2.05) is 12.1 Å². The predicted molar refractivity (Wildman–Crippen MR) is 96.0 cm³/mol. The minimum absolute atomic E-state index is 0.264. The Morgan fingerprint density at radius 3 is 2.70 bits per heavy atom. The lowest BCUT2D eigenvalue weighted by Crippen LogP contribution is -2.39. The standard InChI is InChI=1S/C17H26N2O3S/c1-3-4-7-13-22-15-10-6-5-9-14(15)16(20)19-17(23)18-11-8-12-21-2/h5-6,9-10H,3-4,7-8,11-13H2,1-2H3,(H2,18,19,20,23). The Labute approximate surface area is 143 Å². The molecule has 23 heavy (non-hydrogen) atoms. The first kappa shape index (κ1) is 19.4. The molecule has 128 valence electrons. The van der Waals surface area contributed by atoms with Crippen LogP contribution in [-0.4, -0.2) is 37.9 Å². The number of benzene rings is 1. The van der Waals surface area contributed by atoms with E-state index in [0.29, 0.717) is 36.2 Å². The Balaban J connectivity index is 2.49. The van der Waals surface area contributed by atoms with Gasteiger partial charge in [-0.05, 0) is 37.2 Å². The number of unbranched alkanes of at least 4 members (excludes halogenated alkanes) is 2. The van der Waals surface area contributed by atoms with Gasteiger partial charge in [-0.15, -0.1) is 0 Å². The van der Waals surface area contributed by atoms with E-state index >= 15 is 0 Å². The van der Waals surface area contributed by atoms with E-state index in [2.05, 4.69) is 17.6 Å². The molecule has 0 unspecified atom stereocenters. The number of methoxy groups -OCH3 is 1. The van der Waals surface area contributed by atoms with Crippen molar-refractivity contribution >= 4 is 23.2 Å². The molecule has 1 aromatic rings. The van der Waals surface area contributed by atoms with E-state index in [0.717, 1.165) is 25.7 Å². The molecule has 0 fully saturated rings. The average Bonchev–Trinajstić information content (AvgIpc) is 2.56. The quantitative estimate of drug-likeness (QED) is 0.507. The zero-order chi connectivity index (χ0) is 16.9. The number of para-hydroxylation sites is 1. The van der Waals surface area contributed by atoms with Crippen LogP contribution in [0.15, 0.2) is 24.3 Å². The molecule has 5 nitrogen and oxygen atoms in total. The van der Waals surface area contributed by atoms with Crippen LogP contribution in [0.5, 0.6) is 5.75 Å². The summed E-state index contributed by atoms with van der Waals surface area (Å²) in [6.45, 7) is 4.06. The number of thiocarbonyl (C=S) groups is 1. The highest BCUT2D eigenvalue weighted by atomic mass is 32.1. The lowest BCUT2D eigenvalue weighted by molar-refractivity contribution is 0.0972. The maximum absolute atomic E-state index is 12.3. The van der Waals surface area contributed by atoms with Crippen molar-refractivity contribution in [3.8, 4) is 5.75 Å². The summed E-state index contributed by atoms with van der Waals surface area (Å²) in [4.78, 5) is 12.3. The van der Waals surface area contributed by atoms with E-state index < -0.39 is 0 Å². The van der Waals surface area contributed by atoms with Crippen molar-refractivity contribution in [1.82, 2.24) is 10.6 Å². The molecule has 0 atom stereocenters. The molecule has 0 aliphatic heterocycles. The number of carbonyl (C=O) groups excluding carboxylic acids is 1. The summed E-state index contributed by atoms with van der Waals surface area (Å²) in [5.74, 6) is 0.323. The van der Waals surface area contributed by atoms with Gasteiger partial charge in [-0.25, -0.2) is 0 Å². The lowest BCUT2D eigenvalue weighted by Gasteiger charge is -2.13. The summed E-state index contributed by atoms with van der Waals surface area (Å²) < 4.78 is 10.7. The van der Waals surface area contributed by atoms with Crippen LogP contribution >= 0.6 is 12.2 Å². The van der Waals surface area contributed by atoms with Crippen LogP contribution in [0.1, 0.15) is 43.0 Å². The molecule has 1 aromatic carbocycles. The third-order valence-corrected chi connectivity index (χ3v) is 3.42. The summed E-state index contributed by atoms with van der Waals surface area (Å²) in [6.07, 6.45) is 4.05. The average molecular weight is 338 g/mol. The van der Waals surface area contributed by atoms with Gasteiger partial charge in [0, 0.05) is 20.3 Å². The van der Waals surface area contributed by atoms with E-state index in [1.165, 1.54) is 0 Å². The maximum Gasteiger partial charge on any atom is 0.261 e. The largest absolute Gasteiger partial charge is 0.493 e. The maximum atomic E-state index is 12.3. The van der Waals surface area contributed by atoms with Crippen LogP contribution in [0.25, 0.3) is 0 Å². The second kappa shape index (κ2) is 11.8. The van der Waals surface area contributed by atoms with Crippen LogP contribution in [0.3, 0.4) is 0 Å². The summed E-state index contributed by atoms with van der Waals surface area (Å²) in [6, 6.07) is 7.20. The van der Waals surface area contributed by atoms with Crippen molar-refractivity contribution in [1.29, 1.82) is 0 Å². The smallest absolute Gasteiger partial charge is 0.261 e. The van der Waals surface area contributed by atoms with Crippen molar-refractivity contribution in [3.63, 3.8) is 0 Å². The van der Waals surface area contributed by atoms with E-state index in [4.69, 9.17) is 21.7 Å². The Morgan fingerprint density at radius 1 is 1.17 bits per heavy atom. The molecule has 1 rings (SSSR count). The molecule has 0 bridgehead atoms. The highest BCUT2D eigenvalue weighted by Gasteiger charge is 2.13. The van der Waals surface area contributed by atoms with Crippen molar-refractivity contribution in [2.75, 3.05) is 26.9 Å². The van der Waals surface area contributed by atoms with Gasteiger partial charge in [-0.1, -0.05) is 31.9 Å². The monoisotopic (exact) mass is 338 g/mol. The van der Waals surface area contributed by atoms with Crippen molar-refractivity contribution in [2.24, 2.45) is 0 Å². The van der Waals surface area contributed by atoms with Gasteiger partial charge in [0.05, 0.1) is 12.2 Å². The van der Waals surface area contributed by atoms with Crippen LogP contribution in [0.4, 0.5) is 0 Å². The van der Waals surface area contributed by atoms with Gasteiger partial charge in [-0.2, -0.15) is 0 Å². The molecule has 0 heterocycles. The fourth-order valence-electron chi connectivity index (χ4n) is 1.95. The first-order valence-corrected chi connectivity index (χ1v) is 8.39. The van der Waals surface area contributed by atoms with Gasteiger partial charge >= 0.3 is 0 Å². The van der Waals surface area contributed by atoms with E-state index in [1.54, 1.807) is 19.2 Å². The van der Waals surface area contributed by atoms with Gasteiger partial charge in [0.15, 0.2) is 5.11 Å². The molecule has 6 heteroatoms. The van der Waals surface area contributed by atoms with Crippen LogP contribution in [0.2, 0.25) is 0 Å². The molecular weight excluding hydrogens is 312 g/mol. The number of hydrogen-bond acceptors (Lipinski definition) is 4. The molecule has 0 aliphatic rings. The lowest BCUT2D eigenvalue weighted by atomic mass is 10.2. The van der Waals surface area contributed by atoms with Gasteiger partial charge in [0.1, 0.15) is 5.75 Å². The summed E-state index contributed by atoms with van der Waals surface area (Å²) in [7, 11) is 1.65. The summed E-state index contributed by atoms with van der Waals surface area (Å²) in [5, 5.41) is 5.96. The van der Waals surface area contributed by atoms with Crippen molar-refractivity contribution in [3.05, 3.63) is 29.8 Å². The molecule has 0 saturated heterocycles. The normalized spacial score (nSPS) is 10.2. The second-order valence-corrected chi connectivity index (χ2v) is 5.52. The Bertz CT molecular complexity index is 494. The molecular formula is C17H26N2O3S. The fourth-order valence-corrected chi connectivity index (χ4v) is 2.14. The highest BCUT2D eigenvalue weighted by molar-refractivity contribution is 7.80. The summed E-state index contributed by atoms with van der Waals surface area (Å²) >= 11 is 5.12. The van der Waals surface area contributed by atoms with Crippen LogP contribution in [-0.2, 0) is 4.74 Å². The number of carbonyl (C=O) groups is 1. The van der Waals surface area contributed by atoms with Crippen molar-refractivity contribution < 1.29 is 14.3 Å².